The number of benzene rings is 1. The van der Waals surface area contributed by atoms with Gasteiger partial charge < -0.3 is 9.30 Å². The van der Waals surface area contributed by atoms with Crippen LogP contribution in [0.2, 0.25) is 0 Å². The Labute approximate surface area is 171 Å². The maximum Gasteiger partial charge on any atom is 0.339 e. The number of hydrogen-bond donors (Lipinski definition) is 0. The van der Waals surface area contributed by atoms with E-state index in [0.29, 0.717) is 23.8 Å². The summed E-state index contributed by atoms with van der Waals surface area (Å²) in [5, 5.41) is 1.35. The number of carbonyl (C=O) groups is 1. The van der Waals surface area contributed by atoms with E-state index in [0.717, 1.165) is 11.3 Å². The van der Waals surface area contributed by atoms with Gasteiger partial charge in [0.15, 0.2) is 0 Å². The maximum atomic E-state index is 12.4. The lowest BCUT2D eigenvalue weighted by Gasteiger charge is -2.11. The van der Waals surface area contributed by atoms with E-state index in [4.69, 9.17) is 4.74 Å². The quantitative estimate of drug-likeness (QED) is 0.543. The Hall–Kier alpha value is -2.62. The summed E-state index contributed by atoms with van der Waals surface area (Å²) in [5.41, 5.74) is 6.53. The summed E-state index contributed by atoms with van der Waals surface area (Å²) in [6.45, 7) is 0. The summed E-state index contributed by atoms with van der Waals surface area (Å²) in [4.78, 5) is 17.1. The number of rotatable bonds is 5. The van der Waals surface area contributed by atoms with Crippen LogP contribution in [0.5, 0.6) is 0 Å². The lowest BCUT2D eigenvalue weighted by molar-refractivity contribution is 0.0599. The van der Waals surface area contributed by atoms with E-state index in [1.807, 2.05) is 12.3 Å². The molecule has 2 aliphatic carbocycles. The molecule has 0 radical (unpaired) electrons. The summed E-state index contributed by atoms with van der Waals surface area (Å²) in [6, 6.07) is 8.68. The van der Waals surface area contributed by atoms with Gasteiger partial charge in [0.05, 0.1) is 18.4 Å². The van der Waals surface area contributed by atoms with Crippen LogP contribution in [-0.2, 0) is 18.2 Å². The average Bonchev–Trinajstić information content (AvgIpc) is 3.35. The molecule has 5 rings (SSSR count). The van der Waals surface area contributed by atoms with Crippen molar-refractivity contribution < 1.29 is 9.53 Å². The Balaban J connectivity index is 1.51. The minimum Gasteiger partial charge on any atom is -0.465 e. The van der Waals surface area contributed by atoms with Crippen molar-refractivity contribution in [3.05, 3.63) is 64.6 Å². The number of hydrogen-bond acceptors (Lipinski definition) is 3. The topological polar surface area (TPSA) is 44.1 Å². The third kappa shape index (κ3) is 3.45. The molecule has 3 aromatic rings. The van der Waals surface area contributed by atoms with Gasteiger partial charge in [0.25, 0.3) is 0 Å². The molecule has 0 saturated heterocycles. The number of fused-ring (bicyclic) bond motifs is 1. The van der Waals surface area contributed by atoms with Gasteiger partial charge in [-0.1, -0.05) is 18.9 Å². The fourth-order valence-corrected chi connectivity index (χ4v) is 4.91. The highest BCUT2D eigenvalue weighted by molar-refractivity contribution is 5.91. The van der Waals surface area contributed by atoms with Gasteiger partial charge in [-0.15, -0.1) is 0 Å². The van der Waals surface area contributed by atoms with Crippen LogP contribution in [0.15, 0.2) is 36.7 Å². The van der Waals surface area contributed by atoms with Crippen LogP contribution in [0.1, 0.15) is 83.1 Å². The predicted molar refractivity (Wildman–Crippen MR) is 114 cm³/mol. The molecule has 0 unspecified atom stereocenters. The van der Waals surface area contributed by atoms with Crippen LogP contribution in [0.25, 0.3) is 10.9 Å². The fourth-order valence-electron chi connectivity index (χ4n) is 4.91. The molecule has 2 heterocycles. The highest BCUT2D eigenvalue weighted by Crippen LogP contribution is 2.41. The monoisotopic (exact) mass is 388 g/mol. The molecular weight excluding hydrogens is 360 g/mol. The number of aryl methyl sites for hydroxylation is 1. The van der Waals surface area contributed by atoms with Crippen LogP contribution in [0.4, 0.5) is 0 Å². The van der Waals surface area contributed by atoms with E-state index in [9.17, 15) is 4.79 Å². The largest absolute Gasteiger partial charge is 0.465 e. The van der Waals surface area contributed by atoms with Crippen LogP contribution in [0, 0.1) is 0 Å². The number of ether oxygens (including phenoxy) is 1. The van der Waals surface area contributed by atoms with Crippen LogP contribution < -0.4 is 0 Å². The van der Waals surface area contributed by atoms with Crippen molar-refractivity contribution in [1.82, 2.24) is 9.55 Å². The van der Waals surface area contributed by atoms with Crippen molar-refractivity contribution in [3.8, 4) is 0 Å². The molecule has 2 saturated carbocycles. The van der Waals surface area contributed by atoms with Gasteiger partial charge >= 0.3 is 5.97 Å². The Kier molecular flexibility index (Phi) is 4.65. The molecule has 150 valence electrons. The van der Waals surface area contributed by atoms with E-state index in [1.54, 1.807) is 0 Å². The lowest BCUT2D eigenvalue weighted by atomic mass is 9.95. The second-order valence-corrected chi connectivity index (χ2v) is 8.73. The molecule has 4 nitrogen and oxygen atoms in total. The molecule has 0 bridgehead atoms. The summed E-state index contributed by atoms with van der Waals surface area (Å²) in [6.07, 6.45) is 12.5. The standard InChI is InChI=1S/C25H28N2O2/c1-27-15-22(18-5-3-4-6-18)20-11-16(7-10-24(20)27)12-23-21(25(28)29-2)13-19(14-26-23)17-8-9-17/h7,10-11,13-15,17-18H,3-6,8-9,12H2,1-2H3. The Bertz CT molecular complexity index is 1070. The predicted octanol–water partition coefficient (Wildman–Crippen LogP) is 5.49. The van der Waals surface area contributed by atoms with Gasteiger partial charge in [-0.2, -0.15) is 0 Å². The third-order valence-corrected chi connectivity index (χ3v) is 6.70. The molecule has 0 atom stereocenters. The maximum absolute atomic E-state index is 12.4. The molecule has 0 aliphatic heterocycles. The molecule has 4 heteroatoms. The molecular formula is C25H28N2O2. The molecule has 2 aromatic heterocycles. The number of carbonyl (C=O) groups excluding carboxylic acids is 1. The number of methoxy groups -OCH3 is 1. The molecule has 1 aromatic carbocycles. The SMILES string of the molecule is COC(=O)c1cc(C2CC2)cnc1Cc1ccc2c(c1)c(C1CCCC1)cn2C. The summed E-state index contributed by atoms with van der Waals surface area (Å²) in [5.74, 6) is 0.951. The van der Waals surface area contributed by atoms with Gasteiger partial charge in [0.1, 0.15) is 0 Å². The molecule has 0 spiro atoms. The Morgan fingerprint density at radius 2 is 1.93 bits per heavy atom. The second-order valence-electron chi connectivity index (χ2n) is 8.73. The minimum atomic E-state index is -0.289. The van der Waals surface area contributed by atoms with Gasteiger partial charge in [-0.25, -0.2) is 4.79 Å². The summed E-state index contributed by atoms with van der Waals surface area (Å²) < 4.78 is 7.29. The lowest BCUT2D eigenvalue weighted by Crippen LogP contribution is -2.09. The van der Waals surface area contributed by atoms with E-state index in [-0.39, 0.29) is 5.97 Å². The highest BCUT2D eigenvalue weighted by Gasteiger charge is 2.26. The van der Waals surface area contributed by atoms with Crippen LogP contribution in [-0.4, -0.2) is 22.6 Å². The second kappa shape index (κ2) is 7.33. The fraction of sp³-hybridized carbons (Fsp3) is 0.440. The molecule has 0 amide bonds. The summed E-state index contributed by atoms with van der Waals surface area (Å²) in [7, 11) is 3.58. The van der Waals surface area contributed by atoms with Gasteiger partial charge in [-0.3, -0.25) is 4.98 Å². The molecule has 2 fully saturated rings. The number of aromatic nitrogens is 2. The van der Waals surface area contributed by atoms with E-state index >= 15 is 0 Å². The zero-order valence-electron chi connectivity index (χ0n) is 17.3. The number of nitrogens with zero attached hydrogens (tertiary/aromatic N) is 2. The van der Waals surface area contributed by atoms with Crippen molar-refractivity contribution in [3.63, 3.8) is 0 Å². The zero-order valence-corrected chi connectivity index (χ0v) is 17.3. The van der Waals surface area contributed by atoms with Crippen molar-refractivity contribution in [2.24, 2.45) is 7.05 Å². The minimum absolute atomic E-state index is 0.289. The first-order valence-corrected chi connectivity index (χ1v) is 10.8. The smallest absolute Gasteiger partial charge is 0.339 e. The average molecular weight is 389 g/mol. The Morgan fingerprint density at radius 1 is 1.14 bits per heavy atom. The first-order chi connectivity index (χ1) is 14.1. The van der Waals surface area contributed by atoms with Crippen LogP contribution >= 0.6 is 0 Å². The first-order valence-electron chi connectivity index (χ1n) is 10.8. The molecule has 29 heavy (non-hydrogen) atoms. The van der Waals surface area contributed by atoms with Gasteiger partial charge in [0, 0.05) is 36.8 Å². The van der Waals surface area contributed by atoms with Crippen LogP contribution in [0.3, 0.4) is 0 Å². The van der Waals surface area contributed by atoms with Crippen molar-refractivity contribution in [2.45, 2.75) is 56.8 Å². The van der Waals surface area contributed by atoms with Gasteiger partial charge in [0.2, 0.25) is 0 Å². The highest BCUT2D eigenvalue weighted by atomic mass is 16.5. The normalized spacial score (nSPS) is 17.2. The third-order valence-electron chi connectivity index (χ3n) is 6.70. The first kappa shape index (κ1) is 18.4. The molecule has 0 N–H and O–H groups in total. The van der Waals surface area contributed by atoms with E-state index in [2.05, 4.69) is 41.0 Å². The van der Waals surface area contributed by atoms with Crippen molar-refractivity contribution in [2.75, 3.05) is 7.11 Å². The van der Waals surface area contributed by atoms with Gasteiger partial charge in [-0.05, 0) is 72.4 Å². The van der Waals surface area contributed by atoms with E-state index < -0.39 is 0 Å². The summed E-state index contributed by atoms with van der Waals surface area (Å²) >= 11 is 0. The Morgan fingerprint density at radius 3 is 2.66 bits per heavy atom. The number of esters is 1. The van der Waals surface area contributed by atoms with E-state index in [1.165, 1.54) is 67.7 Å². The zero-order chi connectivity index (χ0) is 20.0. The van der Waals surface area contributed by atoms with Crippen molar-refractivity contribution in [1.29, 1.82) is 0 Å². The van der Waals surface area contributed by atoms with Crippen molar-refractivity contribution >= 4 is 16.9 Å². The number of pyridine rings is 1. The molecule has 2 aliphatic rings.